The first-order chi connectivity index (χ1) is 14.6. The van der Waals surface area contributed by atoms with Gasteiger partial charge in [0.25, 0.3) is 0 Å². The Hall–Kier alpha value is -1.84. The molecule has 0 radical (unpaired) electrons. The van der Waals surface area contributed by atoms with Crippen molar-refractivity contribution in [1.29, 1.82) is 0 Å². The van der Waals surface area contributed by atoms with Gasteiger partial charge in [0.2, 0.25) is 11.0 Å². The Morgan fingerprint density at radius 1 is 1.13 bits per heavy atom. The number of hydrogen-bond acceptors (Lipinski definition) is 7. The predicted molar refractivity (Wildman–Crippen MR) is 126 cm³/mol. The highest BCUT2D eigenvalue weighted by Crippen LogP contribution is 2.41. The van der Waals surface area contributed by atoms with Gasteiger partial charge in [0.1, 0.15) is 5.75 Å². The Labute approximate surface area is 196 Å². The number of unbranched alkanes of at least 4 members (excludes halogenated alkanes) is 2. The highest BCUT2D eigenvalue weighted by atomic mass is 79.9. The number of fused-ring (bicyclic) bond motifs is 3. The molecule has 6 nitrogen and oxygen atoms in total. The molecule has 0 fully saturated rings. The van der Waals surface area contributed by atoms with Crippen molar-refractivity contribution in [1.82, 2.24) is 15.2 Å². The molecule has 30 heavy (non-hydrogen) atoms. The summed E-state index contributed by atoms with van der Waals surface area (Å²) >= 11 is 8.38. The lowest BCUT2D eigenvalue weighted by Crippen LogP contribution is -2.17. The van der Waals surface area contributed by atoms with E-state index in [1.807, 2.05) is 36.4 Å². The number of ether oxygens (including phenoxy) is 1. The van der Waals surface area contributed by atoms with Crippen LogP contribution in [0.3, 0.4) is 0 Å². The number of hydrogen-bond donors (Lipinski definition) is 2. The third-order valence-corrected chi connectivity index (χ3v) is 6.79. The molecule has 4 rings (SSSR count). The smallest absolute Gasteiger partial charge is 0.247 e. The van der Waals surface area contributed by atoms with Crippen LogP contribution in [0.2, 0.25) is 0 Å². The van der Waals surface area contributed by atoms with Crippen LogP contribution in [0.4, 0.5) is 5.69 Å². The van der Waals surface area contributed by atoms with E-state index < -0.39 is 6.23 Å². The molecule has 3 aromatic rings. The molecule has 1 aromatic heterocycles. The maximum absolute atomic E-state index is 10.1. The second kappa shape index (κ2) is 9.53. The van der Waals surface area contributed by atoms with Gasteiger partial charge >= 0.3 is 0 Å². The number of para-hydroxylation sites is 1. The molecule has 0 unspecified atom stereocenters. The molecular formula is C21H20Br2N4O2S. The molecule has 0 spiro atoms. The van der Waals surface area contributed by atoms with E-state index in [1.54, 1.807) is 11.8 Å². The number of benzene rings is 2. The summed E-state index contributed by atoms with van der Waals surface area (Å²) in [6.07, 6.45) is 2.96. The van der Waals surface area contributed by atoms with Crippen molar-refractivity contribution in [2.75, 3.05) is 11.1 Å². The van der Waals surface area contributed by atoms with Crippen molar-refractivity contribution in [2.24, 2.45) is 0 Å². The van der Waals surface area contributed by atoms with Crippen LogP contribution in [0.5, 0.6) is 11.6 Å². The predicted octanol–water partition coefficient (Wildman–Crippen LogP) is 6.55. The molecule has 1 aliphatic rings. The molecule has 1 aliphatic heterocycles. The maximum Gasteiger partial charge on any atom is 0.247 e. The van der Waals surface area contributed by atoms with Gasteiger partial charge in [-0.05, 0) is 56.5 Å². The Morgan fingerprint density at radius 3 is 2.67 bits per heavy atom. The summed E-state index contributed by atoms with van der Waals surface area (Å²) in [7, 11) is 0. The van der Waals surface area contributed by atoms with E-state index in [0.29, 0.717) is 25.7 Å². The van der Waals surface area contributed by atoms with Crippen LogP contribution in [0.15, 0.2) is 50.5 Å². The lowest BCUT2D eigenvalue weighted by atomic mass is 10.1. The maximum atomic E-state index is 10.1. The third-order valence-electron chi connectivity index (χ3n) is 4.65. The fraction of sp³-hybridized carbons (Fsp3) is 0.286. The first kappa shape index (κ1) is 21.4. The summed E-state index contributed by atoms with van der Waals surface area (Å²) in [4.78, 5) is 4.66. The van der Waals surface area contributed by atoms with Crippen molar-refractivity contribution in [3.05, 3.63) is 50.9 Å². The number of aromatic hydroxyl groups is 1. The van der Waals surface area contributed by atoms with Gasteiger partial charge in [-0.1, -0.05) is 49.7 Å². The van der Waals surface area contributed by atoms with Gasteiger partial charge in [-0.15, -0.1) is 10.2 Å². The zero-order chi connectivity index (χ0) is 21.1. The molecule has 0 aliphatic carbocycles. The molecule has 2 N–H and O–H groups in total. The van der Waals surface area contributed by atoms with Gasteiger partial charge in [-0.25, -0.2) is 0 Å². The van der Waals surface area contributed by atoms with E-state index >= 15 is 0 Å². The quantitative estimate of drug-likeness (QED) is 0.265. The number of thioether (sulfide) groups is 1. The number of phenols is 1. The molecule has 0 saturated carbocycles. The van der Waals surface area contributed by atoms with E-state index in [4.69, 9.17) is 4.74 Å². The number of rotatable bonds is 6. The number of anilines is 1. The summed E-state index contributed by atoms with van der Waals surface area (Å²) in [5.74, 6) is 1.53. The van der Waals surface area contributed by atoms with Gasteiger partial charge in [-0.3, -0.25) is 0 Å². The van der Waals surface area contributed by atoms with Crippen LogP contribution in [0.25, 0.3) is 11.3 Å². The van der Waals surface area contributed by atoms with Crippen molar-refractivity contribution in [3.8, 4) is 22.9 Å². The average Bonchev–Trinajstić information content (AvgIpc) is 2.91. The number of halogens is 2. The second-order valence-electron chi connectivity index (χ2n) is 6.82. The van der Waals surface area contributed by atoms with Crippen LogP contribution in [-0.4, -0.2) is 26.0 Å². The normalized spacial score (nSPS) is 14.8. The molecule has 0 bridgehead atoms. The van der Waals surface area contributed by atoms with E-state index in [9.17, 15) is 5.11 Å². The molecule has 2 aromatic carbocycles. The van der Waals surface area contributed by atoms with E-state index in [-0.39, 0.29) is 5.75 Å². The monoisotopic (exact) mass is 550 g/mol. The zero-order valence-electron chi connectivity index (χ0n) is 16.2. The van der Waals surface area contributed by atoms with Gasteiger partial charge in [0.15, 0.2) is 11.9 Å². The second-order valence-corrected chi connectivity index (χ2v) is 9.60. The van der Waals surface area contributed by atoms with Gasteiger partial charge in [0, 0.05) is 22.6 Å². The Bertz CT molecular complexity index is 1040. The Balaban J connectivity index is 1.71. The first-order valence-corrected chi connectivity index (χ1v) is 12.2. The van der Waals surface area contributed by atoms with Crippen LogP contribution in [0, 0.1) is 0 Å². The fourth-order valence-electron chi connectivity index (χ4n) is 3.11. The van der Waals surface area contributed by atoms with Crippen molar-refractivity contribution >= 4 is 49.3 Å². The average molecular weight is 552 g/mol. The summed E-state index contributed by atoms with van der Waals surface area (Å²) in [5.41, 5.74) is 3.19. The molecule has 1 atom stereocenters. The standard InChI is InChI=1S/C21H20Br2N4O2S/c1-2-3-6-9-30-21-25-20-17(26-27-21)13-7-4-5-8-16(13)24-19(29-20)12-10-14(22)18(28)15(23)11-12/h4-5,7-8,10-11,19,24,28H,2-3,6,9H2,1H3/t19-/m0/s1. The largest absolute Gasteiger partial charge is 0.506 e. The van der Waals surface area contributed by atoms with Gasteiger partial charge < -0.3 is 15.2 Å². The SMILES string of the molecule is CCCCCSc1nnc2c(n1)O[C@@H](c1cc(Br)c(O)c(Br)c1)Nc1ccccc1-2. The van der Waals surface area contributed by atoms with Crippen molar-refractivity contribution in [3.63, 3.8) is 0 Å². The minimum absolute atomic E-state index is 0.142. The van der Waals surface area contributed by atoms with Crippen LogP contribution >= 0.6 is 43.6 Å². The lowest BCUT2D eigenvalue weighted by Gasteiger charge is -2.20. The topological polar surface area (TPSA) is 80.2 Å². The molecule has 9 heteroatoms. The summed E-state index contributed by atoms with van der Waals surface area (Å²) in [6, 6.07) is 11.5. The number of nitrogens with zero attached hydrogens (tertiary/aromatic N) is 3. The highest BCUT2D eigenvalue weighted by molar-refractivity contribution is 9.11. The first-order valence-electron chi connectivity index (χ1n) is 9.65. The van der Waals surface area contributed by atoms with Gasteiger partial charge in [-0.2, -0.15) is 4.98 Å². The summed E-state index contributed by atoms with van der Waals surface area (Å²) < 4.78 is 7.43. The molecule has 0 saturated heterocycles. The minimum Gasteiger partial charge on any atom is -0.506 e. The fourth-order valence-corrected chi connectivity index (χ4v) is 5.11. The molecule has 156 valence electrons. The molecule has 2 heterocycles. The third kappa shape index (κ3) is 4.58. The lowest BCUT2D eigenvalue weighted by molar-refractivity contribution is 0.225. The Morgan fingerprint density at radius 2 is 1.90 bits per heavy atom. The van der Waals surface area contributed by atoms with E-state index in [1.165, 1.54) is 12.8 Å². The van der Waals surface area contributed by atoms with Crippen LogP contribution in [0.1, 0.15) is 38.0 Å². The van der Waals surface area contributed by atoms with E-state index in [0.717, 1.165) is 29.0 Å². The number of aromatic nitrogens is 3. The van der Waals surface area contributed by atoms with Crippen molar-refractivity contribution < 1.29 is 9.84 Å². The minimum atomic E-state index is -0.518. The Kier molecular flexibility index (Phi) is 6.80. The van der Waals surface area contributed by atoms with Crippen LogP contribution < -0.4 is 10.1 Å². The molecule has 0 amide bonds. The summed E-state index contributed by atoms with van der Waals surface area (Å²) in [5, 5.41) is 22.8. The molecular weight excluding hydrogens is 532 g/mol. The number of phenolic OH excluding ortho intramolecular Hbond substituents is 1. The van der Waals surface area contributed by atoms with E-state index in [2.05, 4.69) is 59.3 Å². The van der Waals surface area contributed by atoms with Gasteiger partial charge in [0.05, 0.1) is 8.95 Å². The summed E-state index contributed by atoms with van der Waals surface area (Å²) in [6.45, 7) is 2.18. The van der Waals surface area contributed by atoms with Crippen molar-refractivity contribution in [2.45, 2.75) is 37.6 Å². The number of nitrogens with one attached hydrogen (secondary N) is 1. The van der Waals surface area contributed by atoms with Crippen LogP contribution in [-0.2, 0) is 0 Å². The zero-order valence-corrected chi connectivity index (χ0v) is 20.2. The highest BCUT2D eigenvalue weighted by Gasteiger charge is 2.27.